The topological polar surface area (TPSA) is 17.3 Å². The number of halogens is 1. The summed E-state index contributed by atoms with van der Waals surface area (Å²) in [6.45, 7) is 2.26. The molecule has 2 aromatic heterocycles. The van der Waals surface area contributed by atoms with E-state index in [0.29, 0.717) is 29.5 Å². The minimum absolute atomic E-state index is 0.320. The van der Waals surface area contributed by atoms with E-state index in [1.807, 2.05) is 18.3 Å². The van der Waals surface area contributed by atoms with Gasteiger partial charge < -0.3 is 0 Å². The first-order chi connectivity index (χ1) is 9.79. The molecular weight excluding hydrogens is 402 g/mol. The summed E-state index contributed by atoms with van der Waals surface area (Å²) in [5.41, 5.74) is 1.31. The van der Waals surface area contributed by atoms with Gasteiger partial charge in [0, 0.05) is 0 Å². The van der Waals surface area contributed by atoms with Gasteiger partial charge in [0.05, 0.1) is 0 Å². The van der Waals surface area contributed by atoms with Gasteiger partial charge in [-0.25, -0.2) is 0 Å². The molecule has 0 saturated carbocycles. The average molecular weight is 417 g/mol. The summed E-state index contributed by atoms with van der Waals surface area (Å²) in [4.78, 5) is 4.50. The molecule has 0 bridgehead atoms. The number of rotatable bonds is 5. The van der Waals surface area contributed by atoms with Crippen LogP contribution in [0.15, 0.2) is 36.7 Å². The quantitative estimate of drug-likeness (QED) is 0.461. The van der Waals surface area contributed by atoms with Crippen LogP contribution in [-0.4, -0.2) is 38.8 Å². The van der Waals surface area contributed by atoms with Gasteiger partial charge >= 0.3 is 136 Å². The Morgan fingerprint density at radius 2 is 2.10 bits per heavy atom. The molecule has 0 aliphatic rings. The van der Waals surface area contributed by atoms with Crippen molar-refractivity contribution in [3.05, 3.63) is 41.7 Å². The minimum atomic E-state index is 0.320. The fourth-order valence-electron chi connectivity index (χ4n) is 2.00. The summed E-state index contributed by atoms with van der Waals surface area (Å²) in [6, 6.07) is 8.25. The van der Waals surface area contributed by atoms with Gasteiger partial charge in [-0.3, -0.25) is 0 Å². The first kappa shape index (κ1) is 14.4. The van der Waals surface area contributed by atoms with Gasteiger partial charge in [-0.15, -0.1) is 0 Å². The van der Waals surface area contributed by atoms with Crippen LogP contribution in [0, 0.1) is 0 Å². The Labute approximate surface area is 136 Å². The number of hydrogen-bond acceptors (Lipinski definition) is 1. The van der Waals surface area contributed by atoms with Gasteiger partial charge in [-0.05, 0) is 0 Å². The first-order valence-electron chi connectivity index (χ1n) is 6.64. The Kier molecular flexibility index (Phi) is 4.70. The number of hydrogen-bond donors (Lipinski definition) is 0. The summed E-state index contributed by atoms with van der Waals surface area (Å²) in [5, 5.41) is 2.11. The average Bonchev–Trinajstić information content (AvgIpc) is 3.02. The summed E-state index contributed by atoms with van der Waals surface area (Å²) in [5.74, 6) is 0. The second-order valence-electron chi connectivity index (χ2n) is 4.53. The molecule has 5 heteroatoms. The fourth-order valence-corrected chi connectivity index (χ4v) is 8.02. The van der Waals surface area contributed by atoms with E-state index in [1.165, 1.54) is 37.3 Å². The van der Waals surface area contributed by atoms with Crippen molar-refractivity contribution in [3.8, 4) is 10.0 Å². The van der Waals surface area contributed by atoms with E-state index in [4.69, 9.17) is 11.6 Å². The second kappa shape index (κ2) is 6.51. The van der Waals surface area contributed by atoms with Crippen molar-refractivity contribution < 1.29 is 0 Å². The van der Waals surface area contributed by atoms with E-state index in [0.717, 1.165) is 5.02 Å². The Morgan fingerprint density at radius 3 is 2.85 bits per heavy atom. The number of unbranched alkanes of at least 4 members (excludes halogenated alkanes) is 1. The third-order valence-corrected chi connectivity index (χ3v) is 8.76. The Hall–Kier alpha value is -0.501. The van der Waals surface area contributed by atoms with Crippen LogP contribution in [0.3, 0.4) is 0 Å². The molecule has 0 unspecified atom stereocenters. The molecule has 0 spiro atoms. The molecule has 1 aromatic carbocycles. The summed E-state index contributed by atoms with van der Waals surface area (Å²) >= 11 is 6.85. The van der Waals surface area contributed by atoms with Crippen LogP contribution < -0.4 is 4.59 Å². The number of nitrogens with zero attached hydrogens (tertiary/aromatic N) is 2. The first-order valence-corrected chi connectivity index (χ1v) is 10.8. The molecule has 0 amide bonds. The number of benzene rings is 1. The zero-order chi connectivity index (χ0) is 13.9. The SMILES string of the molecule is CCCC[Se]c1c(-c2ccc(Cl)cc2)[se]c2nccn12. The van der Waals surface area contributed by atoms with Gasteiger partial charge in [0.2, 0.25) is 0 Å². The Bertz CT molecular complexity index is 700. The fraction of sp³-hybridized carbons (Fsp3) is 0.267. The second-order valence-corrected chi connectivity index (χ2v) is 9.29. The molecule has 3 rings (SSSR count). The summed E-state index contributed by atoms with van der Waals surface area (Å²) in [6.07, 6.45) is 6.62. The molecule has 0 saturated heterocycles. The normalized spacial score (nSPS) is 11.3. The predicted molar refractivity (Wildman–Crippen MR) is 87.7 cm³/mol. The predicted octanol–water partition coefficient (Wildman–Crippen LogP) is 3.26. The Balaban J connectivity index is 2.02. The van der Waals surface area contributed by atoms with Crippen molar-refractivity contribution in [1.82, 2.24) is 9.38 Å². The van der Waals surface area contributed by atoms with Gasteiger partial charge in [0.1, 0.15) is 0 Å². The van der Waals surface area contributed by atoms with Crippen LogP contribution in [0.2, 0.25) is 10.3 Å². The van der Waals surface area contributed by atoms with Crippen LogP contribution in [-0.2, 0) is 0 Å². The van der Waals surface area contributed by atoms with Gasteiger partial charge in [-0.2, -0.15) is 0 Å². The third kappa shape index (κ3) is 2.90. The molecule has 3 aromatic rings. The standard InChI is InChI=1S/C15H15ClN2Se2/c1-2-3-10-19-14-13(11-4-6-12(16)7-5-11)20-15-17-8-9-18(14)15/h4-9H,2-3,10H2,1H3. The van der Waals surface area contributed by atoms with Gasteiger partial charge in [0.25, 0.3) is 0 Å². The molecule has 0 aliphatic carbocycles. The van der Waals surface area contributed by atoms with Crippen molar-refractivity contribution in [3.63, 3.8) is 0 Å². The van der Waals surface area contributed by atoms with Crippen molar-refractivity contribution in [1.29, 1.82) is 0 Å². The molecule has 0 aliphatic heterocycles. The number of imidazole rings is 1. The Morgan fingerprint density at radius 1 is 1.30 bits per heavy atom. The van der Waals surface area contributed by atoms with Crippen LogP contribution in [0.25, 0.3) is 14.5 Å². The van der Waals surface area contributed by atoms with E-state index < -0.39 is 0 Å². The number of fused-ring (bicyclic) bond motifs is 1. The van der Waals surface area contributed by atoms with E-state index in [2.05, 4.69) is 34.6 Å². The van der Waals surface area contributed by atoms with Crippen LogP contribution in [0.4, 0.5) is 0 Å². The molecule has 104 valence electrons. The van der Waals surface area contributed by atoms with Crippen molar-refractivity contribution >= 4 is 50.2 Å². The number of aromatic nitrogens is 2. The molecule has 2 heterocycles. The van der Waals surface area contributed by atoms with Gasteiger partial charge in [-0.1, -0.05) is 0 Å². The van der Waals surface area contributed by atoms with Crippen molar-refractivity contribution in [2.24, 2.45) is 0 Å². The molecule has 0 atom stereocenters. The zero-order valence-electron chi connectivity index (χ0n) is 11.2. The van der Waals surface area contributed by atoms with Crippen LogP contribution in [0.1, 0.15) is 19.8 Å². The summed E-state index contributed by atoms with van der Waals surface area (Å²) in [7, 11) is 0. The van der Waals surface area contributed by atoms with E-state index >= 15 is 0 Å². The van der Waals surface area contributed by atoms with E-state index in [9.17, 15) is 0 Å². The summed E-state index contributed by atoms with van der Waals surface area (Å²) < 4.78 is 6.55. The van der Waals surface area contributed by atoms with Crippen LogP contribution in [0.5, 0.6) is 0 Å². The molecular formula is C15H15ClN2Se2. The van der Waals surface area contributed by atoms with E-state index in [1.54, 1.807) is 0 Å². The van der Waals surface area contributed by atoms with Gasteiger partial charge in [0.15, 0.2) is 0 Å². The van der Waals surface area contributed by atoms with Crippen LogP contribution >= 0.6 is 11.6 Å². The maximum atomic E-state index is 6.00. The zero-order valence-corrected chi connectivity index (χ0v) is 15.4. The van der Waals surface area contributed by atoms with E-state index in [-0.39, 0.29) is 0 Å². The molecule has 0 radical (unpaired) electrons. The van der Waals surface area contributed by atoms with Crippen molar-refractivity contribution in [2.75, 3.05) is 0 Å². The van der Waals surface area contributed by atoms with Crippen molar-refractivity contribution in [2.45, 2.75) is 25.1 Å². The maximum absolute atomic E-state index is 6.00. The molecule has 20 heavy (non-hydrogen) atoms. The molecule has 0 fully saturated rings. The molecule has 0 N–H and O–H groups in total. The third-order valence-electron chi connectivity index (χ3n) is 3.06. The molecule has 2 nitrogen and oxygen atoms in total. The monoisotopic (exact) mass is 418 g/mol.